The van der Waals surface area contributed by atoms with Crippen LogP contribution in [-0.4, -0.2) is 24.2 Å². The number of rotatable bonds is 5. The summed E-state index contributed by atoms with van der Waals surface area (Å²) >= 11 is 0. The van der Waals surface area contributed by atoms with Gasteiger partial charge in [0.1, 0.15) is 0 Å². The molecule has 1 N–H and O–H groups in total. The summed E-state index contributed by atoms with van der Waals surface area (Å²) in [6.45, 7) is 2.51. The topological polar surface area (TPSA) is 81.5 Å². The Balaban J connectivity index is 2.37. The largest absolute Gasteiger partial charge is 0.450 e. The molecule has 0 saturated heterocycles. The number of benzene rings is 1. The molecule has 0 saturated carbocycles. The number of alkyl carbamates (subject to hydrolysis) is 1. The highest BCUT2D eigenvalue weighted by Crippen LogP contribution is 2.11. The van der Waals surface area contributed by atoms with Crippen molar-refractivity contribution in [1.29, 1.82) is 0 Å². The lowest BCUT2D eigenvalue weighted by Crippen LogP contribution is -2.26. The second-order valence-corrected chi connectivity index (χ2v) is 3.32. The fourth-order valence-corrected chi connectivity index (χ4v) is 1.28. The van der Waals surface area contributed by atoms with Crippen LogP contribution in [-0.2, 0) is 11.2 Å². The fourth-order valence-electron chi connectivity index (χ4n) is 1.28. The Labute approximate surface area is 98.7 Å². The molecule has 0 atom stereocenters. The van der Waals surface area contributed by atoms with E-state index in [1.807, 2.05) is 0 Å². The van der Waals surface area contributed by atoms with E-state index in [-0.39, 0.29) is 5.69 Å². The van der Waals surface area contributed by atoms with Crippen molar-refractivity contribution in [1.82, 2.24) is 5.32 Å². The lowest BCUT2D eigenvalue weighted by atomic mass is 10.1. The normalized spacial score (nSPS) is 9.71. The Morgan fingerprint density at radius 2 is 2.06 bits per heavy atom. The molecule has 6 heteroatoms. The Bertz CT molecular complexity index is 389. The minimum absolute atomic E-state index is 0.0621. The lowest BCUT2D eigenvalue weighted by Gasteiger charge is -2.04. The van der Waals surface area contributed by atoms with Gasteiger partial charge in [-0.3, -0.25) is 10.1 Å². The van der Waals surface area contributed by atoms with Crippen molar-refractivity contribution in [3.63, 3.8) is 0 Å². The number of carbonyl (C=O) groups is 1. The Kier molecular flexibility index (Phi) is 4.93. The van der Waals surface area contributed by atoms with Gasteiger partial charge in [-0.05, 0) is 18.9 Å². The highest BCUT2D eigenvalue weighted by molar-refractivity contribution is 5.67. The van der Waals surface area contributed by atoms with Crippen molar-refractivity contribution in [3.05, 3.63) is 39.9 Å². The van der Waals surface area contributed by atoms with E-state index < -0.39 is 11.0 Å². The van der Waals surface area contributed by atoms with Gasteiger partial charge in [0, 0.05) is 18.7 Å². The van der Waals surface area contributed by atoms with E-state index >= 15 is 0 Å². The van der Waals surface area contributed by atoms with Gasteiger partial charge in [0.2, 0.25) is 0 Å². The number of nitro groups is 1. The first kappa shape index (κ1) is 13.0. The summed E-state index contributed by atoms with van der Waals surface area (Å²) in [5.74, 6) is 0. The molecule has 0 bridgehead atoms. The molecule has 0 aliphatic rings. The first-order chi connectivity index (χ1) is 8.13. The minimum atomic E-state index is -0.450. The Hall–Kier alpha value is -2.11. The summed E-state index contributed by atoms with van der Waals surface area (Å²) in [6.07, 6.45) is 0.158. The van der Waals surface area contributed by atoms with Gasteiger partial charge < -0.3 is 10.1 Å². The minimum Gasteiger partial charge on any atom is -0.450 e. The SMILES string of the molecule is CCOC(=O)NCCc1ccc([N+](=O)[O-])cc1. The van der Waals surface area contributed by atoms with E-state index in [0.29, 0.717) is 19.6 Å². The van der Waals surface area contributed by atoms with E-state index in [4.69, 9.17) is 4.74 Å². The van der Waals surface area contributed by atoms with Crippen LogP contribution >= 0.6 is 0 Å². The van der Waals surface area contributed by atoms with Gasteiger partial charge in [-0.1, -0.05) is 12.1 Å². The van der Waals surface area contributed by atoms with Gasteiger partial charge in [0.25, 0.3) is 5.69 Å². The van der Waals surface area contributed by atoms with Gasteiger partial charge in [-0.15, -0.1) is 0 Å². The number of carbonyl (C=O) groups excluding carboxylic acids is 1. The molecule has 0 radical (unpaired) electrons. The third-order valence-electron chi connectivity index (χ3n) is 2.11. The summed E-state index contributed by atoms with van der Waals surface area (Å²) in [7, 11) is 0. The van der Waals surface area contributed by atoms with Crippen molar-refractivity contribution in [2.45, 2.75) is 13.3 Å². The first-order valence-corrected chi connectivity index (χ1v) is 5.27. The second-order valence-electron chi connectivity index (χ2n) is 3.32. The van der Waals surface area contributed by atoms with E-state index in [1.165, 1.54) is 12.1 Å². The van der Waals surface area contributed by atoms with Crippen LogP contribution in [0.5, 0.6) is 0 Å². The molecular formula is C11H14N2O4. The molecule has 0 fully saturated rings. The Morgan fingerprint density at radius 1 is 1.41 bits per heavy atom. The van der Waals surface area contributed by atoms with Crippen LogP contribution in [0.1, 0.15) is 12.5 Å². The fraction of sp³-hybridized carbons (Fsp3) is 0.364. The van der Waals surface area contributed by atoms with Crippen molar-refractivity contribution >= 4 is 11.8 Å². The molecule has 1 aromatic rings. The molecule has 0 aromatic heterocycles. The molecule has 0 aliphatic heterocycles. The van der Waals surface area contributed by atoms with Crippen LogP contribution in [0.3, 0.4) is 0 Å². The van der Waals surface area contributed by atoms with Crippen molar-refractivity contribution in [3.8, 4) is 0 Å². The average molecular weight is 238 g/mol. The maximum atomic E-state index is 11.0. The smallest absolute Gasteiger partial charge is 0.407 e. The zero-order valence-electron chi connectivity index (χ0n) is 9.51. The highest BCUT2D eigenvalue weighted by atomic mass is 16.6. The van der Waals surface area contributed by atoms with Crippen molar-refractivity contribution in [2.75, 3.05) is 13.2 Å². The summed E-state index contributed by atoms with van der Waals surface area (Å²) in [4.78, 5) is 20.9. The highest BCUT2D eigenvalue weighted by Gasteiger charge is 2.04. The molecule has 0 spiro atoms. The van der Waals surface area contributed by atoms with Gasteiger partial charge >= 0.3 is 6.09 Å². The number of nitrogens with one attached hydrogen (secondary N) is 1. The molecule has 1 rings (SSSR count). The van der Waals surface area contributed by atoms with Crippen LogP contribution in [0.15, 0.2) is 24.3 Å². The van der Waals surface area contributed by atoms with Gasteiger partial charge in [0.15, 0.2) is 0 Å². The number of nitro benzene ring substituents is 1. The zero-order chi connectivity index (χ0) is 12.7. The molecule has 0 aliphatic carbocycles. The molecular weight excluding hydrogens is 224 g/mol. The molecule has 6 nitrogen and oxygen atoms in total. The number of hydrogen-bond acceptors (Lipinski definition) is 4. The van der Waals surface area contributed by atoms with E-state index in [9.17, 15) is 14.9 Å². The van der Waals surface area contributed by atoms with E-state index in [2.05, 4.69) is 5.32 Å². The van der Waals surface area contributed by atoms with E-state index in [1.54, 1.807) is 19.1 Å². The predicted octanol–water partition coefficient (Wildman–Crippen LogP) is 1.88. The molecule has 1 aromatic carbocycles. The molecule has 0 heterocycles. The maximum Gasteiger partial charge on any atom is 0.407 e. The van der Waals surface area contributed by atoms with Gasteiger partial charge in [-0.2, -0.15) is 0 Å². The molecule has 92 valence electrons. The predicted molar refractivity (Wildman–Crippen MR) is 61.8 cm³/mol. The van der Waals surface area contributed by atoms with Crippen LogP contribution in [0.2, 0.25) is 0 Å². The molecule has 0 unspecified atom stereocenters. The van der Waals surface area contributed by atoms with Gasteiger partial charge in [-0.25, -0.2) is 4.79 Å². The third kappa shape index (κ3) is 4.50. The number of non-ortho nitro benzene ring substituents is 1. The quantitative estimate of drug-likeness (QED) is 0.627. The van der Waals surface area contributed by atoms with Crippen LogP contribution in [0.25, 0.3) is 0 Å². The number of amides is 1. The number of nitrogens with zero attached hydrogens (tertiary/aromatic N) is 1. The van der Waals surface area contributed by atoms with Gasteiger partial charge in [0.05, 0.1) is 11.5 Å². The maximum absolute atomic E-state index is 11.0. The molecule has 17 heavy (non-hydrogen) atoms. The van der Waals surface area contributed by atoms with Crippen LogP contribution < -0.4 is 5.32 Å². The standard InChI is InChI=1S/C11H14N2O4/c1-2-17-11(14)12-8-7-9-3-5-10(6-4-9)13(15)16/h3-6H,2,7-8H2,1H3,(H,12,14). The number of ether oxygens (including phenoxy) is 1. The summed E-state index contributed by atoms with van der Waals surface area (Å²) in [6, 6.07) is 6.23. The molecule has 1 amide bonds. The lowest BCUT2D eigenvalue weighted by molar-refractivity contribution is -0.384. The van der Waals surface area contributed by atoms with Crippen LogP contribution in [0.4, 0.5) is 10.5 Å². The van der Waals surface area contributed by atoms with Crippen molar-refractivity contribution in [2.24, 2.45) is 0 Å². The average Bonchev–Trinajstić information content (AvgIpc) is 2.30. The first-order valence-electron chi connectivity index (χ1n) is 5.27. The second kappa shape index (κ2) is 6.47. The van der Waals surface area contributed by atoms with Crippen LogP contribution in [0, 0.1) is 10.1 Å². The Morgan fingerprint density at radius 3 is 2.59 bits per heavy atom. The monoisotopic (exact) mass is 238 g/mol. The summed E-state index contributed by atoms with van der Waals surface area (Å²) in [5, 5.41) is 13.0. The van der Waals surface area contributed by atoms with E-state index in [0.717, 1.165) is 5.56 Å². The zero-order valence-corrected chi connectivity index (χ0v) is 9.51. The number of hydrogen-bond donors (Lipinski definition) is 1. The summed E-state index contributed by atoms with van der Waals surface area (Å²) in [5.41, 5.74) is 0.986. The van der Waals surface area contributed by atoms with Crippen molar-refractivity contribution < 1.29 is 14.5 Å². The third-order valence-corrected chi connectivity index (χ3v) is 2.11. The summed E-state index contributed by atoms with van der Waals surface area (Å²) < 4.78 is 4.69.